The number of benzene rings is 1. The number of aryl methyl sites for hydroxylation is 1. The van der Waals surface area contributed by atoms with Gasteiger partial charge < -0.3 is 10.3 Å². The molecule has 3 nitrogen and oxygen atoms in total. The Morgan fingerprint density at radius 1 is 1.50 bits per heavy atom. The summed E-state index contributed by atoms with van der Waals surface area (Å²) >= 11 is 0. The molecule has 0 saturated heterocycles. The van der Waals surface area contributed by atoms with Crippen LogP contribution in [0.1, 0.15) is 12.5 Å². The van der Waals surface area contributed by atoms with E-state index < -0.39 is 0 Å². The van der Waals surface area contributed by atoms with Gasteiger partial charge in [0.05, 0.1) is 17.4 Å². The Kier molecular flexibility index (Phi) is 2.25. The van der Waals surface area contributed by atoms with Crippen molar-refractivity contribution in [2.24, 2.45) is 12.8 Å². The van der Waals surface area contributed by atoms with Crippen LogP contribution in [0.25, 0.3) is 11.0 Å². The Morgan fingerprint density at radius 2 is 2.29 bits per heavy atom. The van der Waals surface area contributed by atoms with Crippen LogP contribution in [0.15, 0.2) is 24.5 Å². The summed E-state index contributed by atoms with van der Waals surface area (Å²) in [6.45, 7) is 2.02. The van der Waals surface area contributed by atoms with Crippen molar-refractivity contribution in [3.8, 4) is 0 Å². The van der Waals surface area contributed by atoms with Crippen molar-refractivity contribution in [1.29, 1.82) is 0 Å². The lowest BCUT2D eigenvalue weighted by Crippen LogP contribution is -2.17. The van der Waals surface area contributed by atoms with Gasteiger partial charge in [0.25, 0.3) is 0 Å². The fraction of sp³-hybridized carbons (Fsp3) is 0.364. The highest BCUT2D eigenvalue weighted by Crippen LogP contribution is 2.14. The third-order valence-corrected chi connectivity index (χ3v) is 2.35. The summed E-state index contributed by atoms with van der Waals surface area (Å²) in [5, 5.41) is 0. The predicted molar refractivity (Wildman–Crippen MR) is 58.1 cm³/mol. The number of aromatic nitrogens is 2. The van der Waals surface area contributed by atoms with Crippen LogP contribution in [0.2, 0.25) is 0 Å². The Balaban J connectivity index is 2.42. The molecular weight excluding hydrogens is 174 g/mol. The van der Waals surface area contributed by atoms with Crippen LogP contribution in [-0.4, -0.2) is 15.6 Å². The first-order valence-electron chi connectivity index (χ1n) is 4.82. The van der Waals surface area contributed by atoms with Crippen molar-refractivity contribution in [2.75, 3.05) is 0 Å². The van der Waals surface area contributed by atoms with E-state index in [0.717, 1.165) is 11.9 Å². The van der Waals surface area contributed by atoms with E-state index in [-0.39, 0.29) is 6.04 Å². The second kappa shape index (κ2) is 3.42. The Bertz CT molecular complexity index is 443. The summed E-state index contributed by atoms with van der Waals surface area (Å²) in [6, 6.07) is 6.53. The fourth-order valence-corrected chi connectivity index (χ4v) is 1.68. The Morgan fingerprint density at radius 3 is 3.00 bits per heavy atom. The van der Waals surface area contributed by atoms with Gasteiger partial charge in [-0.05, 0) is 31.0 Å². The van der Waals surface area contributed by atoms with Crippen molar-refractivity contribution in [1.82, 2.24) is 9.55 Å². The smallest absolute Gasteiger partial charge is 0.0955 e. The minimum Gasteiger partial charge on any atom is -0.334 e. The third-order valence-electron chi connectivity index (χ3n) is 2.35. The van der Waals surface area contributed by atoms with Crippen molar-refractivity contribution in [3.05, 3.63) is 30.1 Å². The van der Waals surface area contributed by atoms with Crippen LogP contribution < -0.4 is 5.73 Å². The second-order valence-corrected chi connectivity index (χ2v) is 3.86. The molecule has 0 bridgehead atoms. The molecule has 1 heterocycles. The molecule has 0 fully saturated rings. The largest absolute Gasteiger partial charge is 0.334 e. The number of hydrogen-bond acceptors (Lipinski definition) is 2. The first-order valence-corrected chi connectivity index (χ1v) is 4.82. The number of imidazole rings is 1. The van der Waals surface area contributed by atoms with Crippen LogP contribution in [0, 0.1) is 0 Å². The molecule has 0 amide bonds. The molecule has 2 N–H and O–H groups in total. The van der Waals surface area contributed by atoms with Gasteiger partial charge in [-0.25, -0.2) is 4.98 Å². The number of fused-ring (bicyclic) bond motifs is 1. The molecule has 0 aliphatic heterocycles. The molecule has 2 aromatic rings. The van der Waals surface area contributed by atoms with E-state index in [2.05, 4.69) is 23.2 Å². The molecule has 3 heteroatoms. The molecular formula is C11H15N3. The first-order chi connectivity index (χ1) is 6.66. The molecule has 14 heavy (non-hydrogen) atoms. The van der Waals surface area contributed by atoms with E-state index in [1.54, 1.807) is 0 Å². The van der Waals surface area contributed by atoms with Gasteiger partial charge in [-0.1, -0.05) is 6.07 Å². The van der Waals surface area contributed by atoms with Crippen molar-refractivity contribution < 1.29 is 0 Å². The molecule has 0 saturated carbocycles. The highest BCUT2D eigenvalue weighted by atomic mass is 15.0. The number of hydrogen-bond donors (Lipinski definition) is 1. The summed E-state index contributed by atoms with van der Waals surface area (Å²) < 4.78 is 2.02. The topological polar surface area (TPSA) is 43.8 Å². The van der Waals surface area contributed by atoms with E-state index in [0.29, 0.717) is 0 Å². The van der Waals surface area contributed by atoms with Gasteiger partial charge in [0, 0.05) is 13.1 Å². The molecule has 1 aromatic heterocycles. The molecule has 1 unspecified atom stereocenters. The Labute approximate surface area is 83.6 Å². The molecule has 2 rings (SSSR count). The molecule has 1 atom stereocenters. The van der Waals surface area contributed by atoms with Crippen molar-refractivity contribution in [3.63, 3.8) is 0 Å². The van der Waals surface area contributed by atoms with Gasteiger partial charge in [0.2, 0.25) is 0 Å². The predicted octanol–water partition coefficient (Wildman–Crippen LogP) is 1.46. The average molecular weight is 189 g/mol. The molecule has 0 aliphatic rings. The summed E-state index contributed by atoms with van der Waals surface area (Å²) in [7, 11) is 2.00. The van der Waals surface area contributed by atoms with E-state index in [1.807, 2.05) is 24.9 Å². The van der Waals surface area contributed by atoms with Gasteiger partial charge in [-0.15, -0.1) is 0 Å². The summed E-state index contributed by atoms with van der Waals surface area (Å²) in [6.07, 6.45) is 2.74. The summed E-state index contributed by atoms with van der Waals surface area (Å²) in [5.41, 5.74) is 9.22. The molecule has 74 valence electrons. The summed E-state index contributed by atoms with van der Waals surface area (Å²) in [5.74, 6) is 0. The third kappa shape index (κ3) is 1.63. The quantitative estimate of drug-likeness (QED) is 0.777. The van der Waals surface area contributed by atoms with Gasteiger partial charge in [0.15, 0.2) is 0 Å². The molecule has 0 radical (unpaired) electrons. The zero-order valence-corrected chi connectivity index (χ0v) is 8.57. The van der Waals surface area contributed by atoms with E-state index in [4.69, 9.17) is 5.73 Å². The van der Waals surface area contributed by atoms with Crippen LogP contribution >= 0.6 is 0 Å². The van der Waals surface area contributed by atoms with Gasteiger partial charge in [-0.3, -0.25) is 0 Å². The molecule has 0 spiro atoms. The van der Waals surface area contributed by atoms with E-state index in [9.17, 15) is 0 Å². The highest BCUT2D eigenvalue weighted by Gasteiger charge is 2.02. The molecule has 1 aromatic carbocycles. The van der Waals surface area contributed by atoms with Crippen LogP contribution in [0.4, 0.5) is 0 Å². The number of rotatable bonds is 2. The van der Waals surface area contributed by atoms with Crippen LogP contribution in [-0.2, 0) is 13.5 Å². The van der Waals surface area contributed by atoms with Gasteiger partial charge in [0.1, 0.15) is 0 Å². The SMILES string of the molecule is CC(N)Cc1ccc2c(c1)ncn2C. The van der Waals surface area contributed by atoms with Gasteiger partial charge >= 0.3 is 0 Å². The second-order valence-electron chi connectivity index (χ2n) is 3.86. The maximum absolute atomic E-state index is 5.75. The lowest BCUT2D eigenvalue weighted by atomic mass is 10.1. The van der Waals surface area contributed by atoms with Crippen LogP contribution in [0.5, 0.6) is 0 Å². The average Bonchev–Trinajstić information content (AvgIpc) is 2.46. The van der Waals surface area contributed by atoms with E-state index in [1.165, 1.54) is 11.1 Å². The van der Waals surface area contributed by atoms with Gasteiger partial charge in [-0.2, -0.15) is 0 Å². The first kappa shape index (κ1) is 9.21. The lowest BCUT2D eigenvalue weighted by molar-refractivity contribution is 0.738. The normalized spacial score (nSPS) is 13.4. The lowest BCUT2D eigenvalue weighted by Gasteiger charge is -2.04. The van der Waals surface area contributed by atoms with Crippen molar-refractivity contribution in [2.45, 2.75) is 19.4 Å². The minimum atomic E-state index is 0.205. The highest BCUT2D eigenvalue weighted by molar-refractivity contribution is 5.75. The fourth-order valence-electron chi connectivity index (χ4n) is 1.68. The molecule has 0 aliphatic carbocycles. The van der Waals surface area contributed by atoms with Crippen molar-refractivity contribution >= 4 is 11.0 Å². The standard InChI is InChI=1S/C11H15N3/c1-8(12)5-9-3-4-11-10(6-9)13-7-14(11)2/h3-4,6-8H,5,12H2,1-2H3. The summed E-state index contributed by atoms with van der Waals surface area (Å²) in [4.78, 5) is 4.31. The maximum Gasteiger partial charge on any atom is 0.0955 e. The van der Waals surface area contributed by atoms with Crippen LogP contribution in [0.3, 0.4) is 0 Å². The number of nitrogens with zero attached hydrogens (tertiary/aromatic N) is 2. The number of nitrogens with two attached hydrogens (primary N) is 1. The maximum atomic E-state index is 5.75. The zero-order chi connectivity index (χ0) is 10.1. The zero-order valence-electron chi connectivity index (χ0n) is 8.57. The van der Waals surface area contributed by atoms with E-state index >= 15 is 0 Å². The Hall–Kier alpha value is -1.35. The monoisotopic (exact) mass is 189 g/mol. The minimum absolute atomic E-state index is 0.205.